The average molecular weight is 238 g/mol. The van der Waals surface area contributed by atoms with E-state index >= 15 is 0 Å². The molecule has 94 valence electrons. The normalized spacial score (nSPS) is 20.1. The molecule has 0 spiro atoms. The van der Waals surface area contributed by atoms with Gasteiger partial charge in [0.05, 0.1) is 6.67 Å². The highest BCUT2D eigenvalue weighted by molar-refractivity contribution is 5.77. The van der Waals surface area contributed by atoms with E-state index < -0.39 is 0 Å². The molecule has 0 radical (unpaired) electrons. The van der Waals surface area contributed by atoms with E-state index in [0.717, 1.165) is 0 Å². The SMILES string of the molecule is CC(=O)N1CCN(C(=O)N2C=CN(C)C2)CC1. The van der Waals surface area contributed by atoms with Gasteiger partial charge in [-0.25, -0.2) is 4.79 Å². The first-order chi connectivity index (χ1) is 8.08. The lowest BCUT2D eigenvalue weighted by Gasteiger charge is -2.35. The van der Waals surface area contributed by atoms with E-state index in [0.29, 0.717) is 32.8 Å². The van der Waals surface area contributed by atoms with E-state index in [4.69, 9.17) is 0 Å². The maximum absolute atomic E-state index is 12.1. The van der Waals surface area contributed by atoms with Gasteiger partial charge in [-0.15, -0.1) is 0 Å². The van der Waals surface area contributed by atoms with Gasteiger partial charge in [0.1, 0.15) is 0 Å². The Morgan fingerprint density at radius 2 is 1.59 bits per heavy atom. The molecule has 0 aliphatic carbocycles. The van der Waals surface area contributed by atoms with E-state index in [2.05, 4.69) is 0 Å². The Morgan fingerprint density at radius 1 is 1.00 bits per heavy atom. The van der Waals surface area contributed by atoms with Crippen LogP contribution >= 0.6 is 0 Å². The van der Waals surface area contributed by atoms with E-state index in [1.165, 1.54) is 0 Å². The minimum atomic E-state index is 0.0220. The number of amides is 3. The van der Waals surface area contributed by atoms with Crippen molar-refractivity contribution in [2.45, 2.75) is 6.92 Å². The van der Waals surface area contributed by atoms with E-state index in [1.54, 1.807) is 27.8 Å². The second-order valence-electron chi connectivity index (χ2n) is 4.44. The van der Waals surface area contributed by atoms with Crippen LogP contribution in [0, 0.1) is 0 Å². The molecule has 2 aliphatic heterocycles. The van der Waals surface area contributed by atoms with Crippen molar-refractivity contribution in [2.75, 3.05) is 39.9 Å². The summed E-state index contributed by atoms with van der Waals surface area (Å²) in [6.07, 6.45) is 3.67. The maximum Gasteiger partial charge on any atom is 0.325 e. The van der Waals surface area contributed by atoms with Crippen LogP contribution in [0.1, 0.15) is 6.92 Å². The topological polar surface area (TPSA) is 47.1 Å². The van der Waals surface area contributed by atoms with Gasteiger partial charge in [-0.1, -0.05) is 0 Å². The Bertz CT molecular complexity index is 347. The highest BCUT2D eigenvalue weighted by atomic mass is 16.2. The largest absolute Gasteiger partial charge is 0.361 e. The molecule has 0 N–H and O–H groups in total. The lowest BCUT2D eigenvalue weighted by molar-refractivity contribution is -0.130. The summed E-state index contributed by atoms with van der Waals surface area (Å²) in [5.41, 5.74) is 0. The van der Waals surface area contributed by atoms with Crippen molar-refractivity contribution in [3.05, 3.63) is 12.4 Å². The molecule has 0 aromatic carbocycles. The lowest BCUT2D eigenvalue weighted by Crippen LogP contribution is -2.53. The molecule has 3 amide bonds. The van der Waals surface area contributed by atoms with Crippen LogP contribution in [0.4, 0.5) is 4.79 Å². The Kier molecular flexibility index (Phi) is 3.21. The fourth-order valence-corrected chi connectivity index (χ4v) is 2.05. The molecule has 0 atom stereocenters. The van der Waals surface area contributed by atoms with Crippen molar-refractivity contribution in [3.8, 4) is 0 Å². The summed E-state index contributed by atoms with van der Waals surface area (Å²) >= 11 is 0. The predicted molar refractivity (Wildman–Crippen MR) is 62.8 cm³/mol. The van der Waals surface area contributed by atoms with Crippen LogP contribution in [0.3, 0.4) is 0 Å². The third-order valence-electron chi connectivity index (χ3n) is 3.12. The van der Waals surface area contributed by atoms with Crippen LogP contribution in [0.5, 0.6) is 0 Å². The smallest absolute Gasteiger partial charge is 0.325 e. The van der Waals surface area contributed by atoms with Crippen molar-refractivity contribution in [1.29, 1.82) is 0 Å². The lowest BCUT2D eigenvalue weighted by atomic mass is 10.3. The molecule has 0 unspecified atom stereocenters. The maximum atomic E-state index is 12.1. The van der Waals surface area contributed by atoms with E-state index in [9.17, 15) is 9.59 Å². The van der Waals surface area contributed by atoms with Crippen LogP contribution in [-0.2, 0) is 4.79 Å². The molecule has 1 fully saturated rings. The Labute approximate surface area is 101 Å². The monoisotopic (exact) mass is 238 g/mol. The van der Waals surface area contributed by atoms with Crippen LogP contribution in [0.15, 0.2) is 12.4 Å². The van der Waals surface area contributed by atoms with Gasteiger partial charge in [-0.3, -0.25) is 9.69 Å². The Hall–Kier alpha value is -1.72. The van der Waals surface area contributed by atoms with Crippen LogP contribution in [0.2, 0.25) is 0 Å². The van der Waals surface area contributed by atoms with Crippen molar-refractivity contribution >= 4 is 11.9 Å². The van der Waals surface area contributed by atoms with Crippen molar-refractivity contribution in [3.63, 3.8) is 0 Å². The average Bonchev–Trinajstić information content (AvgIpc) is 2.75. The van der Waals surface area contributed by atoms with Gasteiger partial charge in [-0.05, 0) is 0 Å². The van der Waals surface area contributed by atoms with Crippen LogP contribution < -0.4 is 0 Å². The van der Waals surface area contributed by atoms with Gasteiger partial charge < -0.3 is 14.7 Å². The minimum Gasteiger partial charge on any atom is -0.361 e. The van der Waals surface area contributed by atoms with Crippen molar-refractivity contribution < 1.29 is 9.59 Å². The van der Waals surface area contributed by atoms with Crippen LogP contribution in [0.25, 0.3) is 0 Å². The molecule has 2 aliphatic rings. The molecule has 0 aromatic heterocycles. The summed E-state index contributed by atoms with van der Waals surface area (Å²) in [5.74, 6) is 0.0814. The molecule has 0 saturated carbocycles. The molecular weight excluding hydrogens is 220 g/mol. The molecule has 6 heteroatoms. The van der Waals surface area contributed by atoms with Gasteiger partial charge >= 0.3 is 6.03 Å². The Balaban J connectivity index is 1.86. The third-order valence-corrected chi connectivity index (χ3v) is 3.12. The number of nitrogens with zero attached hydrogens (tertiary/aromatic N) is 4. The molecular formula is C11H18N4O2. The zero-order valence-corrected chi connectivity index (χ0v) is 10.3. The zero-order chi connectivity index (χ0) is 12.4. The second-order valence-corrected chi connectivity index (χ2v) is 4.44. The number of carbonyl (C=O) groups is 2. The molecule has 2 heterocycles. The summed E-state index contributed by atoms with van der Waals surface area (Å²) in [6.45, 7) is 4.67. The number of rotatable bonds is 0. The number of hydrogen-bond acceptors (Lipinski definition) is 3. The quantitative estimate of drug-likeness (QED) is 0.594. The van der Waals surface area contributed by atoms with Gasteiger partial charge in [0.2, 0.25) is 5.91 Å². The van der Waals surface area contributed by atoms with Gasteiger partial charge in [0, 0.05) is 52.6 Å². The molecule has 6 nitrogen and oxygen atoms in total. The highest BCUT2D eigenvalue weighted by Gasteiger charge is 2.26. The zero-order valence-electron chi connectivity index (χ0n) is 10.3. The second kappa shape index (κ2) is 4.65. The van der Waals surface area contributed by atoms with Gasteiger partial charge in [0.25, 0.3) is 0 Å². The number of urea groups is 1. The molecule has 2 rings (SSSR count). The standard InChI is InChI=1S/C11H18N4O2/c1-10(16)13-5-7-14(8-6-13)11(17)15-4-3-12(2)9-15/h3-4H,5-9H2,1-2H3. The van der Waals surface area contributed by atoms with E-state index in [1.807, 2.05) is 18.1 Å². The first-order valence-corrected chi connectivity index (χ1v) is 5.77. The van der Waals surface area contributed by atoms with Crippen molar-refractivity contribution in [2.24, 2.45) is 0 Å². The summed E-state index contributed by atoms with van der Waals surface area (Å²) in [4.78, 5) is 30.5. The fraction of sp³-hybridized carbons (Fsp3) is 0.636. The van der Waals surface area contributed by atoms with Gasteiger partial charge in [-0.2, -0.15) is 0 Å². The highest BCUT2D eigenvalue weighted by Crippen LogP contribution is 2.10. The van der Waals surface area contributed by atoms with Crippen LogP contribution in [-0.4, -0.2) is 71.4 Å². The molecule has 1 saturated heterocycles. The summed E-state index contributed by atoms with van der Waals surface area (Å²) in [6, 6.07) is 0.0220. The summed E-state index contributed by atoms with van der Waals surface area (Å²) < 4.78 is 0. The number of carbonyl (C=O) groups excluding carboxylic acids is 2. The molecule has 0 bridgehead atoms. The van der Waals surface area contributed by atoms with Crippen molar-refractivity contribution in [1.82, 2.24) is 19.6 Å². The van der Waals surface area contributed by atoms with Gasteiger partial charge in [0.15, 0.2) is 0 Å². The molecule has 0 aromatic rings. The number of piperazine rings is 1. The third kappa shape index (κ3) is 2.51. The summed E-state index contributed by atoms with van der Waals surface area (Å²) in [7, 11) is 1.93. The first kappa shape index (κ1) is 11.8. The first-order valence-electron chi connectivity index (χ1n) is 5.77. The Morgan fingerprint density at radius 3 is 2.06 bits per heavy atom. The fourth-order valence-electron chi connectivity index (χ4n) is 2.05. The predicted octanol–water partition coefficient (Wildman–Crippen LogP) is -0.0534. The minimum absolute atomic E-state index is 0.0220. The molecule has 17 heavy (non-hydrogen) atoms. The number of hydrogen-bond donors (Lipinski definition) is 0. The van der Waals surface area contributed by atoms with E-state index in [-0.39, 0.29) is 11.9 Å². The summed E-state index contributed by atoms with van der Waals surface area (Å²) in [5, 5.41) is 0.